The van der Waals surface area contributed by atoms with Crippen LogP contribution in [0.25, 0.3) is 0 Å². The fraction of sp³-hybridized carbons (Fsp3) is 0.458. The Morgan fingerprint density at radius 1 is 1.04 bits per heavy atom. The third-order valence-corrected chi connectivity index (χ3v) is 5.35. The van der Waals surface area contributed by atoms with E-state index in [1.54, 1.807) is 0 Å². The van der Waals surface area contributed by atoms with Crippen molar-refractivity contribution in [2.45, 2.75) is 45.1 Å². The van der Waals surface area contributed by atoms with Crippen molar-refractivity contribution in [1.82, 2.24) is 10.2 Å². The van der Waals surface area contributed by atoms with E-state index < -0.39 is 0 Å². The fourth-order valence-corrected chi connectivity index (χ4v) is 3.64. The number of ether oxygens (including phenoxy) is 1. The number of carbonyl (C=O) groups is 1. The molecule has 1 fully saturated rings. The van der Waals surface area contributed by atoms with Crippen LogP contribution < -0.4 is 10.1 Å². The lowest BCUT2D eigenvalue weighted by Gasteiger charge is -2.29. The highest BCUT2D eigenvalue weighted by Crippen LogP contribution is 2.28. The zero-order chi connectivity index (χ0) is 20.0. The normalized spacial score (nSPS) is 16.0. The van der Waals surface area contributed by atoms with Crippen molar-refractivity contribution in [3.8, 4) is 5.75 Å². The maximum atomic E-state index is 12.3. The molecule has 0 saturated carbocycles. The molecule has 28 heavy (non-hydrogen) atoms. The summed E-state index contributed by atoms with van der Waals surface area (Å²) in [7, 11) is 0. The molecule has 0 aromatic heterocycles. The van der Waals surface area contributed by atoms with E-state index >= 15 is 0 Å². The van der Waals surface area contributed by atoms with Gasteiger partial charge >= 0.3 is 0 Å². The minimum atomic E-state index is -0.0839. The molecule has 0 aliphatic carbocycles. The SMILES string of the molecule is CC(C)(C)c1ccc(C(CNC(=O)COc2ccccc2)N2CCCC2)cc1. The van der Waals surface area contributed by atoms with Crippen molar-refractivity contribution in [3.63, 3.8) is 0 Å². The highest BCUT2D eigenvalue weighted by molar-refractivity contribution is 5.77. The van der Waals surface area contributed by atoms with Gasteiger partial charge in [-0.05, 0) is 54.6 Å². The monoisotopic (exact) mass is 380 g/mol. The Morgan fingerprint density at radius 2 is 1.68 bits per heavy atom. The summed E-state index contributed by atoms with van der Waals surface area (Å²) in [5.74, 6) is 0.630. The number of nitrogens with zero attached hydrogens (tertiary/aromatic N) is 1. The number of likely N-dealkylation sites (tertiary alicyclic amines) is 1. The van der Waals surface area contributed by atoms with Crippen LogP contribution in [0.2, 0.25) is 0 Å². The van der Waals surface area contributed by atoms with Gasteiger partial charge < -0.3 is 10.1 Å². The standard InChI is InChI=1S/C24H32N2O2/c1-24(2,3)20-13-11-19(12-14-20)22(26-15-7-8-16-26)17-25-23(27)18-28-21-9-5-4-6-10-21/h4-6,9-14,22H,7-8,15-18H2,1-3H3,(H,25,27). The molecule has 1 N–H and O–H groups in total. The van der Waals surface area contributed by atoms with Crippen LogP contribution in [0.3, 0.4) is 0 Å². The van der Waals surface area contributed by atoms with Crippen LogP contribution >= 0.6 is 0 Å². The lowest BCUT2D eigenvalue weighted by Crippen LogP contribution is -2.38. The van der Waals surface area contributed by atoms with Gasteiger partial charge in [-0.3, -0.25) is 9.69 Å². The number of rotatable bonds is 7. The molecule has 1 amide bonds. The molecule has 1 unspecified atom stereocenters. The molecule has 2 aromatic rings. The van der Waals surface area contributed by atoms with Crippen LogP contribution in [-0.4, -0.2) is 37.0 Å². The molecule has 0 spiro atoms. The Morgan fingerprint density at radius 3 is 2.29 bits per heavy atom. The molecule has 4 heteroatoms. The second-order valence-electron chi connectivity index (χ2n) is 8.54. The quantitative estimate of drug-likeness (QED) is 0.778. The van der Waals surface area contributed by atoms with Gasteiger partial charge in [0.2, 0.25) is 0 Å². The molecule has 0 bridgehead atoms. The van der Waals surface area contributed by atoms with Gasteiger partial charge in [0.05, 0.1) is 6.04 Å². The van der Waals surface area contributed by atoms with Crippen LogP contribution in [0.1, 0.15) is 50.8 Å². The fourth-order valence-electron chi connectivity index (χ4n) is 3.64. The van der Waals surface area contributed by atoms with E-state index in [4.69, 9.17) is 4.74 Å². The molecule has 1 heterocycles. The first kappa shape index (κ1) is 20.4. The Hall–Kier alpha value is -2.33. The number of amides is 1. The van der Waals surface area contributed by atoms with Crippen LogP contribution in [0.4, 0.5) is 0 Å². The average Bonchev–Trinajstić information content (AvgIpc) is 3.21. The maximum absolute atomic E-state index is 12.3. The van der Waals surface area contributed by atoms with Crippen molar-refractivity contribution in [1.29, 1.82) is 0 Å². The zero-order valence-corrected chi connectivity index (χ0v) is 17.3. The molecule has 0 radical (unpaired) electrons. The smallest absolute Gasteiger partial charge is 0.258 e. The molecule has 150 valence electrons. The van der Waals surface area contributed by atoms with Gasteiger partial charge in [-0.2, -0.15) is 0 Å². The number of benzene rings is 2. The number of hydrogen-bond acceptors (Lipinski definition) is 3. The number of hydrogen-bond donors (Lipinski definition) is 1. The lowest BCUT2D eigenvalue weighted by atomic mass is 9.86. The van der Waals surface area contributed by atoms with E-state index in [2.05, 4.69) is 55.3 Å². The van der Waals surface area contributed by atoms with Gasteiger partial charge in [0, 0.05) is 6.54 Å². The summed E-state index contributed by atoms with van der Waals surface area (Å²) in [6.45, 7) is 9.50. The zero-order valence-electron chi connectivity index (χ0n) is 17.3. The van der Waals surface area contributed by atoms with Crippen molar-refractivity contribution in [2.24, 2.45) is 0 Å². The van der Waals surface area contributed by atoms with Gasteiger partial charge in [0.25, 0.3) is 5.91 Å². The van der Waals surface area contributed by atoms with Crippen molar-refractivity contribution >= 4 is 5.91 Å². The van der Waals surface area contributed by atoms with Gasteiger partial charge in [-0.25, -0.2) is 0 Å². The predicted molar refractivity (Wildman–Crippen MR) is 114 cm³/mol. The first-order chi connectivity index (χ1) is 13.4. The van der Waals surface area contributed by atoms with Gasteiger partial charge in [0.15, 0.2) is 6.61 Å². The summed E-state index contributed by atoms with van der Waals surface area (Å²) in [4.78, 5) is 14.8. The first-order valence-corrected chi connectivity index (χ1v) is 10.2. The summed E-state index contributed by atoms with van der Waals surface area (Å²) >= 11 is 0. The molecule has 1 atom stereocenters. The largest absolute Gasteiger partial charge is 0.484 e. The number of nitrogens with one attached hydrogen (secondary N) is 1. The third kappa shape index (κ3) is 5.59. The minimum absolute atomic E-state index is 0.0414. The van der Waals surface area contributed by atoms with Crippen LogP contribution in [0.15, 0.2) is 54.6 Å². The van der Waals surface area contributed by atoms with E-state index in [0.29, 0.717) is 12.3 Å². The minimum Gasteiger partial charge on any atom is -0.484 e. The van der Waals surface area contributed by atoms with E-state index in [1.165, 1.54) is 24.0 Å². The Kier molecular flexibility index (Phi) is 6.74. The predicted octanol–water partition coefficient (Wildman–Crippen LogP) is 4.32. The lowest BCUT2D eigenvalue weighted by molar-refractivity contribution is -0.123. The summed E-state index contributed by atoms with van der Waals surface area (Å²) < 4.78 is 5.56. The van der Waals surface area contributed by atoms with E-state index in [0.717, 1.165) is 13.1 Å². The second kappa shape index (κ2) is 9.24. The van der Waals surface area contributed by atoms with E-state index in [1.807, 2.05) is 30.3 Å². The third-order valence-electron chi connectivity index (χ3n) is 5.35. The molecule has 2 aromatic carbocycles. The summed E-state index contributed by atoms with van der Waals surface area (Å²) in [5, 5.41) is 3.07. The Labute approximate surface area is 168 Å². The van der Waals surface area contributed by atoms with Crippen molar-refractivity contribution in [2.75, 3.05) is 26.2 Å². The summed E-state index contributed by atoms with van der Waals surface area (Å²) in [6.07, 6.45) is 2.45. The molecule has 3 rings (SSSR count). The molecule has 1 aliphatic rings. The summed E-state index contributed by atoms with van der Waals surface area (Å²) in [6, 6.07) is 18.5. The first-order valence-electron chi connectivity index (χ1n) is 10.2. The van der Waals surface area contributed by atoms with E-state index in [-0.39, 0.29) is 24.0 Å². The second-order valence-corrected chi connectivity index (χ2v) is 8.54. The van der Waals surface area contributed by atoms with E-state index in [9.17, 15) is 4.79 Å². The van der Waals surface area contributed by atoms with Gasteiger partial charge in [0.1, 0.15) is 5.75 Å². The van der Waals surface area contributed by atoms with Gasteiger partial charge in [-0.15, -0.1) is 0 Å². The van der Waals surface area contributed by atoms with Crippen LogP contribution in [-0.2, 0) is 10.2 Å². The molecular weight excluding hydrogens is 348 g/mol. The Balaban J connectivity index is 1.61. The highest BCUT2D eigenvalue weighted by atomic mass is 16.5. The highest BCUT2D eigenvalue weighted by Gasteiger charge is 2.24. The summed E-state index contributed by atoms with van der Waals surface area (Å²) in [5.41, 5.74) is 2.74. The molecular formula is C24H32N2O2. The Bertz CT molecular complexity index is 744. The number of carbonyl (C=O) groups excluding carboxylic acids is 1. The van der Waals surface area contributed by atoms with Crippen LogP contribution in [0.5, 0.6) is 5.75 Å². The average molecular weight is 381 g/mol. The van der Waals surface area contributed by atoms with Crippen LogP contribution in [0, 0.1) is 0 Å². The topological polar surface area (TPSA) is 41.6 Å². The molecule has 4 nitrogen and oxygen atoms in total. The molecule has 1 saturated heterocycles. The maximum Gasteiger partial charge on any atom is 0.258 e. The van der Waals surface area contributed by atoms with Crippen molar-refractivity contribution < 1.29 is 9.53 Å². The van der Waals surface area contributed by atoms with Gasteiger partial charge in [-0.1, -0.05) is 63.2 Å². The molecule has 1 aliphatic heterocycles. The van der Waals surface area contributed by atoms with Crippen molar-refractivity contribution in [3.05, 3.63) is 65.7 Å². The number of para-hydroxylation sites is 1.